The van der Waals surface area contributed by atoms with Gasteiger partial charge in [0.15, 0.2) is 0 Å². The summed E-state index contributed by atoms with van der Waals surface area (Å²) in [5.41, 5.74) is 2.62. The number of para-hydroxylation sites is 3. The summed E-state index contributed by atoms with van der Waals surface area (Å²) in [5.74, 6) is 1.77. The number of tetrazole rings is 1. The van der Waals surface area contributed by atoms with Crippen molar-refractivity contribution in [3.63, 3.8) is 0 Å². The molecule has 2 aromatic heterocycles. The molecule has 10 heteroatoms. The molecule has 1 aliphatic rings. The quantitative estimate of drug-likeness (QED) is 0.413. The number of amides is 1. The zero-order chi connectivity index (χ0) is 21.9. The molecule has 1 fully saturated rings. The smallest absolute Gasteiger partial charge is 0.236 e. The molecular formula is C22H21N7O2S. The summed E-state index contributed by atoms with van der Waals surface area (Å²) in [6.45, 7) is 0. The first kappa shape index (κ1) is 20.3. The van der Waals surface area contributed by atoms with Crippen molar-refractivity contribution in [2.75, 3.05) is 18.2 Å². The van der Waals surface area contributed by atoms with E-state index in [0.29, 0.717) is 28.3 Å². The molecule has 9 nitrogen and oxygen atoms in total. The van der Waals surface area contributed by atoms with Crippen molar-refractivity contribution >= 4 is 23.5 Å². The van der Waals surface area contributed by atoms with Gasteiger partial charge in [0.2, 0.25) is 11.1 Å². The van der Waals surface area contributed by atoms with E-state index in [1.54, 1.807) is 16.5 Å². The van der Waals surface area contributed by atoms with Gasteiger partial charge in [-0.05, 0) is 47.5 Å². The van der Waals surface area contributed by atoms with Gasteiger partial charge in [0.25, 0.3) is 0 Å². The normalized spacial score (nSPS) is 13.2. The van der Waals surface area contributed by atoms with E-state index in [4.69, 9.17) is 9.84 Å². The second kappa shape index (κ2) is 8.83. The monoisotopic (exact) mass is 447 g/mol. The summed E-state index contributed by atoms with van der Waals surface area (Å²) in [6, 6.07) is 19.2. The summed E-state index contributed by atoms with van der Waals surface area (Å²) >= 11 is 1.25. The van der Waals surface area contributed by atoms with Crippen LogP contribution in [-0.2, 0) is 4.79 Å². The van der Waals surface area contributed by atoms with Crippen LogP contribution in [0.4, 0.5) is 5.82 Å². The molecule has 162 valence electrons. The number of hydrogen-bond acceptors (Lipinski definition) is 7. The van der Waals surface area contributed by atoms with Crippen LogP contribution in [0.1, 0.15) is 24.5 Å². The summed E-state index contributed by atoms with van der Waals surface area (Å²) in [7, 11) is 1.59. The van der Waals surface area contributed by atoms with Crippen molar-refractivity contribution in [3.8, 4) is 17.1 Å². The number of anilines is 1. The van der Waals surface area contributed by atoms with Crippen LogP contribution in [0.3, 0.4) is 0 Å². The van der Waals surface area contributed by atoms with Crippen LogP contribution in [-0.4, -0.2) is 48.8 Å². The number of ether oxygens (including phenoxy) is 1. The molecule has 0 spiro atoms. The molecule has 1 saturated carbocycles. The fourth-order valence-electron chi connectivity index (χ4n) is 3.37. The van der Waals surface area contributed by atoms with E-state index in [0.717, 1.165) is 24.2 Å². The summed E-state index contributed by atoms with van der Waals surface area (Å²) in [5, 5.41) is 20.1. The third-order valence-corrected chi connectivity index (χ3v) is 6.00. The maximum absolute atomic E-state index is 12.8. The molecule has 4 aromatic rings. The van der Waals surface area contributed by atoms with Gasteiger partial charge in [-0.3, -0.25) is 4.79 Å². The molecule has 0 radical (unpaired) electrons. The average Bonchev–Trinajstić information content (AvgIpc) is 3.43. The van der Waals surface area contributed by atoms with Gasteiger partial charge >= 0.3 is 0 Å². The van der Waals surface area contributed by atoms with Gasteiger partial charge in [0.05, 0.1) is 24.2 Å². The van der Waals surface area contributed by atoms with E-state index >= 15 is 0 Å². The van der Waals surface area contributed by atoms with Gasteiger partial charge in [0.1, 0.15) is 17.3 Å². The topological polar surface area (TPSA) is 99.8 Å². The van der Waals surface area contributed by atoms with E-state index < -0.39 is 0 Å². The lowest BCUT2D eigenvalue weighted by molar-refractivity contribution is -0.113. The molecule has 0 atom stereocenters. The number of thioether (sulfide) groups is 1. The summed E-state index contributed by atoms with van der Waals surface area (Å²) in [4.78, 5) is 12.8. The van der Waals surface area contributed by atoms with Crippen LogP contribution in [0.25, 0.3) is 11.4 Å². The Labute approximate surface area is 188 Å². The first-order chi connectivity index (χ1) is 15.7. The van der Waals surface area contributed by atoms with E-state index in [1.165, 1.54) is 11.8 Å². The fraction of sp³-hybridized carbons (Fsp3) is 0.227. The van der Waals surface area contributed by atoms with E-state index in [9.17, 15) is 4.79 Å². The van der Waals surface area contributed by atoms with Gasteiger partial charge in [-0.25, -0.2) is 4.68 Å². The van der Waals surface area contributed by atoms with Crippen LogP contribution >= 0.6 is 11.8 Å². The van der Waals surface area contributed by atoms with Gasteiger partial charge in [0, 0.05) is 12.0 Å². The predicted octanol–water partition coefficient (Wildman–Crippen LogP) is 3.46. The zero-order valence-corrected chi connectivity index (χ0v) is 18.2. The molecule has 1 N–H and O–H groups in total. The Hall–Kier alpha value is -3.66. The first-order valence-corrected chi connectivity index (χ1v) is 11.2. The van der Waals surface area contributed by atoms with Crippen molar-refractivity contribution in [3.05, 3.63) is 66.4 Å². The molecule has 0 aliphatic heterocycles. The Balaban J connectivity index is 1.31. The van der Waals surface area contributed by atoms with Gasteiger partial charge in [-0.2, -0.15) is 9.78 Å². The van der Waals surface area contributed by atoms with Crippen molar-refractivity contribution in [1.29, 1.82) is 0 Å². The number of benzene rings is 2. The van der Waals surface area contributed by atoms with E-state index in [1.807, 2.05) is 60.7 Å². The lowest BCUT2D eigenvalue weighted by Crippen LogP contribution is -2.17. The molecule has 0 saturated heterocycles. The third-order valence-electron chi connectivity index (χ3n) is 5.08. The zero-order valence-electron chi connectivity index (χ0n) is 17.4. The Bertz CT molecular complexity index is 1230. The number of rotatable bonds is 8. The maximum Gasteiger partial charge on any atom is 0.236 e. The lowest BCUT2D eigenvalue weighted by atomic mass is 10.3. The van der Waals surface area contributed by atoms with Crippen molar-refractivity contribution in [2.45, 2.75) is 23.9 Å². The number of nitrogens with zero attached hydrogens (tertiary/aromatic N) is 6. The highest BCUT2D eigenvalue weighted by atomic mass is 32.2. The van der Waals surface area contributed by atoms with Gasteiger partial charge in [-0.1, -0.05) is 42.1 Å². The minimum Gasteiger partial charge on any atom is -0.494 e. The van der Waals surface area contributed by atoms with Crippen LogP contribution in [0.5, 0.6) is 5.75 Å². The molecule has 2 aromatic carbocycles. The highest BCUT2D eigenvalue weighted by molar-refractivity contribution is 7.99. The predicted molar refractivity (Wildman–Crippen MR) is 121 cm³/mol. The number of methoxy groups -OCH3 is 1. The van der Waals surface area contributed by atoms with Gasteiger partial charge < -0.3 is 10.1 Å². The largest absolute Gasteiger partial charge is 0.494 e. The molecule has 0 bridgehead atoms. The highest BCUT2D eigenvalue weighted by Gasteiger charge is 2.28. The Kier molecular flexibility index (Phi) is 5.59. The molecule has 0 unspecified atom stereocenters. The number of hydrogen-bond donors (Lipinski definition) is 1. The Morgan fingerprint density at radius 1 is 1.12 bits per heavy atom. The highest BCUT2D eigenvalue weighted by Crippen LogP contribution is 2.40. The van der Waals surface area contributed by atoms with Crippen molar-refractivity contribution < 1.29 is 9.53 Å². The van der Waals surface area contributed by atoms with Crippen LogP contribution in [0.15, 0.2) is 65.8 Å². The molecular weight excluding hydrogens is 426 g/mol. The SMILES string of the molecule is COc1ccccc1-n1nnnc1SCC(=O)Nc1cc(C2CC2)nn1-c1ccccc1. The maximum atomic E-state index is 12.8. The molecule has 2 heterocycles. The number of nitrogens with one attached hydrogen (secondary N) is 1. The minimum absolute atomic E-state index is 0.147. The molecule has 1 amide bonds. The summed E-state index contributed by atoms with van der Waals surface area (Å²) < 4.78 is 8.75. The molecule has 1 aliphatic carbocycles. The molecule has 5 rings (SSSR count). The average molecular weight is 448 g/mol. The standard InChI is InChI=1S/C22H21N7O2S/c1-31-19-10-6-5-9-18(19)29-22(24-26-27-29)32-14-21(30)23-20-13-17(15-11-12-15)25-28(20)16-7-3-2-4-8-16/h2-10,13,15H,11-12,14H2,1H3,(H,23,30). The number of carbonyl (C=O) groups excluding carboxylic acids is 1. The minimum atomic E-state index is -0.163. The van der Waals surface area contributed by atoms with Crippen LogP contribution in [0, 0.1) is 0 Å². The second-order valence-electron chi connectivity index (χ2n) is 7.36. The summed E-state index contributed by atoms with van der Waals surface area (Å²) in [6.07, 6.45) is 2.28. The lowest BCUT2D eigenvalue weighted by Gasteiger charge is -2.10. The number of carbonyl (C=O) groups is 1. The van der Waals surface area contributed by atoms with Crippen LogP contribution in [0.2, 0.25) is 0 Å². The third kappa shape index (κ3) is 4.22. The van der Waals surface area contributed by atoms with Crippen molar-refractivity contribution in [2.24, 2.45) is 0 Å². The van der Waals surface area contributed by atoms with Crippen LogP contribution < -0.4 is 10.1 Å². The van der Waals surface area contributed by atoms with E-state index in [2.05, 4.69) is 20.8 Å². The second-order valence-corrected chi connectivity index (χ2v) is 8.30. The number of aromatic nitrogens is 6. The van der Waals surface area contributed by atoms with Gasteiger partial charge in [-0.15, -0.1) is 5.10 Å². The molecule has 32 heavy (non-hydrogen) atoms. The van der Waals surface area contributed by atoms with Crippen molar-refractivity contribution in [1.82, 2.24) is 30.0 Å². The Morgan fingerprint density at radius 2 is 1.91 bits per heavy atom. The first-order valence-electron chi connectivity index (χ1n) is 10.2. The Morgan fingerprint density at radius 3 is 2.69 bits per heavy atom. The fourth-order valence-corrected chi connectivity index (χ4v) is 4.05. The van der Waals surface area contributed by atoms with E-state index in [-0.39, 0.29) is 11.7 Å².